The molecule has 1 fully saturated rings. The standard InChI is InChI=1S/C26H31N5O/c1-4-5-20-6-8-21(9-7-20)10-13-25(32)28-22-11-12-24-23(18-22)19(2)27-26(29-24)31-16-14-30(3)15-17-31/h6-13,18H,4-5,14-17H2,1-3H3,(H,28,32). The Hall–Kier alpha value is -3.25. The van der Waals surface area contributed by atoms with Crippen LogP contribution in [0.15, 0.2) is 48.5 Å². The second kappa shape index (κ2) is 9.92. The highest BCUT2D eigenvalue weighted by Crippen LogP contribution is 2.23. The van der Waals surface area contributed by atoms with Crippen molar-refractivity contribution in [3.05, 3.63) is 65.4 Å². The highest BCUT2D eigenvalue weighted by atomic mass is 16.1. The Morgan fingerprint density at radius 2 is 1.81 bits per heavy atom. The molecule has 0 saturated carbocycles. The number of hydrogen-bond donors (Lipinski definition) is 1. The number of benzene rings is 2. The maximum Gasteiger partial charge on any atom is 0.248 e. The highest BCUT2D eigenvalue weighted by molar-refractivity contribution is 6.03. The van der Waals surface area contributed by atoms with Crippen molar-refractivity contribution in [1.29, 1.82) is 0 Å². The maximum absolute atomic E-state index is 12.4. The molecule has 0 atom stereocenters. The molecule has 6 nitrogen and oxygen atoms in total. The van der Waals surface area contributed by atoms with E-state index in [1.807, 2.05) is 43.3 Å². The number of amides is 1. The Morgan fingerprint density at radius 1 is 1.06 bits per heavy atom. The number of aryl methyl sites for hydroxylation is 2. The predicted molar refractivity (Wildman–Crippen MR) is 132 cm³/mol. The second-order valence-electron chi connectivity index (χ2n) is 8.45. The van der Waals surface area contributed by atoms with Crippen molar-refractivity contribution in [3.63, 3.8) is 0 Å². The zero-order chi connectivity index (χ0) is 22.5. The van der Waals surface area contributed by atoms with Crippen molar-refractivity contribution in [2.75, 3.05) is 43.4 Å². The van der Waals surface area contributed by atoms with Gasteiger partial charge in [-0.25, -0.2) is 9.97 Å². The minimum absolute atomic E-state index is 0.158. The molecular weight excluding hydrogens is 398 g/mol. The van der Waals surface area contributed by atoms with Crippen LogP contribution in [0, 0.1) is 6.92 Å². The van der Waals surface area contributed by atoms with Crippen molar-refractivity contribution < 1.29 is 4.79 Å². The third kappa shape index (κ3) is 5.32. The smallest absolute Gasteiger partial charge is 0.248 e. The van der Waals surface area contributed by atoms with E-state index in [4.69, 9.17) is 9.97 Å². The van der Waals surface area contributed by atoms with Gasteiger partial charge in [0, 0.05) is 43.3 Å². The van der Waals surface area contributed by atoms with E-state index in [2.05, 4.69) is 41.2 Å². The Morgan fingerprint density at radius 3 is 2.53 bits per heavy atom. The minimum Gasteiger partial charge on any atom is -0.338 e. The van der Waals surface area contributed by atoms with Crippen LogP contribution in [0.3, 0.4) is 0 Å². The molecule has 0 spiro atoms. The van der Waals surface area contributed by atoms with Crippen molar-refractivity contribution >= 4 is 34.5 Å². The summed E-state index contributed by atoms with van der Waals surface area (Å²) in [5.74, 6) is 0.627. The number of hydrogen-bond acceptors (Lipinski definition) is 5. The molecule has 2 heterocycles. The molecule has 6 heteroatoms. The van der Waals surface area contributed by atoms with Crippen molar-refractivity contribution in [3.8, 4) is 0 Å². The van der Waals surface area contributed by atoms with Gasteiger partial charge in [-0.3, -0.25) is 4.79 Å². The van der Waals surface area contributed by atoms with Crippen molar-refractivity contribution in [1.82, 2.24) is 14.9 Å². The molecule has 0 bridgehead atoms. The second-order valence-corrected chi connectivity index (χ2v) is 8.45. The summed E-state index contributed by atoms with van der Waals surface area (Å²) in [6.45, 7) is 8.07. The average Bonchev–Trinajstić information content (AvgIpc) is 2.79. The largest absolute Gasteiger partial charge is 0.338 e. The van der Waals surface area contributed by atoms with Crippen LogP contribution in [0.1, 0.15) is 30.2 Å². The van der Waals surface area contributed by atoms with E-state index in [9.17, 15) is 4.79 Å². The third-order valence-corrected chi connectivity index (χ3v) is 5.87. The first kappa shape index (κ1) is 22.0. The predicted octanol–water partition coefficient (Wildman–Crippen LogP) is 4.29. The fourth-order valence-electron chi connectivity index (χ4n) is 3.93. The fourth-order valence-corrected chi connectivity index (χ4v) is 3.93. The molecule has 166 valence electrons. The van der Waals surface area contributed by atoms with Crippen molar-refractivity contribution in [2.45, 2.75) is 26.7 Å². The van der Waals surface area contributed by atoms with E-state index in [1.54, 1.807) is 6.08 Å². The Kier molecular flexibility index (Phi) is 6.81. The van der Waals surface area contributed by atoms with Gasteiger partial charge in [-0.05, 0) is 55.8 Å². The van der Waals surface area contributed by atoms with Gasteiger partial charge in [0.05, 0.1) is 11.2 Å². The number of carbonyl (C=O) groups excluding carboxylic acids is 1. The number of rotatable bonds is 6. The summed E-state index contributed by atoms with van der Waals surface area (Å²) in [6, 6.07) is 14.1. The summed E-state index contributed by atoms with van der Waals surface area (Å²) >= 11 is 0. The number of nitrogens with zero attached hydrogens (tertiary/aromatic N) is 4. The lowest BCUT2D eigenvalue weighted by atomic mass is 10.1. The molecule has 1 saturated heterocycles. The molecule has 0 radical (unpaired) electrons. The fraction of sp³-hybridized carbons (Fsp3) is 0.346. The molecule has 1 amide bonds. The summed E-state index contributed by atoms with van der Waals surface area (Å²) in [4.78, 5) is 26.5. The van der Waals surface area contributed by atoms with Gasteiger partial charge in [0.2, 0.25) is 11.9 Å². The molecule has 3 aromatic rings. The lowest BCUT2D eigenvalue weighted by molar-refractivity contribution is -0.111. The molecule has 1 aromatic heterocycles. The number of carbonyl (C=O) groups is 1. The highest BCUT2D eigenvalue weighted by Gasteiger charge is 2.17. The molecular formula is C26H31N5O. The summed E-state index contributed by atoms with van der Waals surface area (Å²) < 4.78 is 0. The van der Waals surface area contributed by atoms with Crippen molar-refractivity contribution in [2.24, 2.45) is 0 Å². The van der Waals surface area contributed by atoms with E-state index < -0.39 is 0 Å². The number of likely N-dealkylation sites (N-methyl/N-ethyl adjacent to an activating group) is 1. The molecule has 0 aliphatic carbocycles. The van der Waals surface area contributed by atoms with Crippen LogP contribution in [-0.2, 0) is 11.2 Å². The van der Waals surface area contributed by atoms with Gasteiger partial charge < -0.3 is 15.1 Å². The van der Waals surface area contributed by atoms with Gasteiger partial charge in [0.1, 0.15) is 0 Å². The van der Waals surface area contributed by atoms with Gasteiger partial charge in [0.15, 0.2) is 0 Å². The lowest BCUT2D eigenvalue weighted by Gasteiger charge is -2.32. The molecule has 0 unspecified atom stereocenters. The van der Waals surface area contributed by atoms with Gasteiger partial charge in [-0.2, -0.15) is 0 Å². The molecule has 1 N–H and O–H groups in total. The molecule has 2 aromatic carbocycles. The number of anilines is 2. The molecule has 1 aliphatic heterocycles. The first-order valence-corrected chi connectivity index (χ1v) is 11.3. The number of piperazine rings is 1. The van der Waals surface area contributed by atoms with Crippen LogP contribution >= 0.6 is 0 Å². The normalized spacial score (nSPS) is 14.9. The van der Waals surface area contributed by atoms with Gasteiger partial charge in [-0.15, -0.1) is 0 Å². The first-order chi connectivity index (χ1) is 15.5. The van der Waals surface area contributed by atoms with E-state index >= 15 is 0 Å². The van der Waals surface area contributed by atoms with Gasteiger partial charge in [0.25, 0.3) is 0 Å². The van der Waals surface area contributed by atoms with Crippen LogP contribution in [0.25, 0.3) is 17.0 Å². The van der Waals surface area contributed by atoms with Crippen LogP contribution in [0.5, 0.6) is 0 Å². The van der Waals surface area contributed by atoms with Crippen LogP contribution in [0.4, 0.5) is 11.6 Å². The Labute approximate surface area is 190 Å². The van der Waals surface area contributed by atoms with E-state index in [0.717, 1.165) is 72.8 Å². The number of fused-ring (bicyclic) bond motifs is 1. The zero-order valence-corrected chi connectivity index (χ0v) is 19.1. The van der Waals surface area contributed by atoms with Crippen LogP contribution in [-0.4, -0.2) is 54.0 Å². The lowest BCUT2D eigenvalue weighted by Crippen LogP contribution is -2.45. The van der Waals surface area contributed by atoms with E-state index in [-0.39, 0.29) is 5.91 Å². The Balaban J connectivity index is 1.44. The minimum atomic E-state index is -0.158. The van der Waals surface area contributed by atoms with Gasteiger partial charge >= 0.3 is 0 Å². The number of nitrogens with one attached hydrogen (secondary N) is 1. The first-order valence-electron chi connectivity index (χ1n) is 11.3. The van der Waals surface area contributed by atoms with E-state index in [0.29, 0.717) is 0 Å². The molecule has 4 rings (SSSR count). The molecule has 32 heavy (non-hydrogen) atoms. The molecule has 1 aliphatic rings. The van der Waals surface area contributed by atoms with E-state index in [1.165, 1.54) is 5.56 Å². The average molecular weight is 430 g/mol. The SMILES string of the molecule is CCCc1ccc(C=CC(=O)Nc2ccc3nc(N4CCN(C)CC4)nc(C)c3c2)cc1. The topological polar surface area (TPSA) is 61.4 Å². The Bertz CT molecular complexity index is 1120. The summed E-state index contributed by atoms with van der Waals surface area (Å²) in [7, 11) is 2.14. The maximum atomic E-state index is 12.4. The third-order valence-electron chi connectivity index (χ3n) is 5.87. The van der Waals surface area contributed by atoms with Crippen LogP contribution < -0.4 is 10.2 Å². The summed E-state index contributed by atoms with van der Waals surface area (Å²) in [5.41, 5.74) is 4.89. The van der Waals surface area contributed by atoms with Crippen LogP contribution in [0.2, 0.25) is 0 Å². The monoisotopic (exact) mass is 429 g/mol. The zero-order valence-electron chi connectivity index (χ0n) is 19.1. The number of aromatic nitrogens is 2. The summed E-state index contributed by atoms with van der Waals surface area (Å²) in [6.07, 6.45) is 5.61. The quantitative estimate of drug-likeness (QED) is 0.592. The summed E-state index contributed by atoms with van der Waals surface area (Å²) in [5, 5.41) is 3.90. The van der Waals surface area contributed by atoms with Gasteiger partial charge in [-0.1, -0.05) is 37.6 Å².